The van der Waals surface area contributed by atoms with E-state index in [9.17, 15) is 0 Å². The molecule has 3 heterocycles. The summed E-state index contributed by atoms with van der Waals surface area (Å²) in [5, 5.41) is 13.7. The smallest absolute Gasteiger partial charge is 0.147 e. The van der Waals surface area contributed by atoms with E-state index in [1.54, 1.807) is 0 Å². The maximum Gasteiger partial charge on any atom is 0.147 e. The summed E-state index contributed by atoms with van der Waals surface area (Å²) in [5.74, 6) is 2.74. The molecule has 128 valence electrons. The Morgan fingerprint density at radius 1 is 1.08 bits per heavy atom. The Morgan fingerprint density at radius 2 is 1.83 bits per heavy atom. The third-order valence-electron chi connectivity index (χ3n) is 5.05. The number of rotatable bonds is 3. The third-order valence-corrected chi connectivity index (χ3v) is 5.76. The number of nitrogens with one attached hydrogen (secondary N) is 1. The second kappa shape index (κ2) is 7.00. The van der Waals surface area contributed by atoms with Crippen LogP contribution in [0.4, 0.5) is 0 Å². The minimum atomic E-state index is 0.502. The van der Waals surface area contributed by atoms with E-state index in [0.29, 0.717) is 5.92 Å². The zero-order valence-electron chi connectivity index (χ0n) is 13.5. The maximum absolute atomic E-state index is 6.30. The van der Waals surface area contributed by atoms with Gasteiger partial charge in [0.1, 0.15) is 11.6 Å². The zero-order valence-corrected chi connectivity index (χ0v) is 15.0. The SMILES string of the molecule is Clc1cccc(Cl)c1CN1CCC(c2nnc3n2CCNC3)CC1. The number of fused-ring (bicyclic) bond motifs is 1. The monoisotopic (exact) mass is 365 g/mol. The molecule has 0 bridgehead atoms. The van der Waals surface area contributed by atoms with Gasteiger partial charge in [-0.15, -0.1) is 10.2 Å². The molecule has 0 radical (unpaired) electrons. The van der Waals surface area contributed by atoms with Gasteiger partial charge in [0, 0.05) is 41.2 Å². The molecule has 0 aliphatic carbocycles. The largest absolute Gasteiger partial charge is 0.312 e. The van der Waals surface area contributed by atoms with Crippen LogP contribution >= 0.6 is 23.2 Å². The molecule has 0 saturated carbocycles. The van der Waals surface area contributed by atoms with E-state index in [4.69, 9.17) is 23.2 Å². The molecule has 5 nitrogen and oxygen atoms in total. The normalized spacial score (nSPS) is 19.4. The number of hydrogen-bond acceptors (Lipinski definition) is 4. The highest BCUT2D eigenvalue weighted by atomic mass is 35.5. The zero-order chi connectivity index (χ0) is 16.5. The van der Waals surface area contributed by atoms with E-state index in [0.717, 1.165) is 73.5 Å². The summed E-state index contributed by atoms with van der Waals surface area (Å²) in [5.41, 5.74) is 1.03. The second-order valence-corrected chi connectivity index (χ2v) is 7.37. The van der Waals surface area contributed by atoms with Crippen LogP contribution in [0.25, 0.3) is 0 Å². The van der Waals surface area contributed by atoms with Gasteiger partial charge in [0.2, 0.25) is 0 Å². The Kier molecular flexibility index (Phi) is 4.77. The Balaban J connectivity index is 1.41. The number of hydrogen-bond donors (Lipinski definition) is 1. The van der Waals surface area contributed by atoms with E-state index in [2.05, 4.69) is 25.0 Å². The van der Waals surface area contributed by atoms with Crippen LogP contribution in [0.1, 0.15) is 36.0 Å². The molecule has 1 fully saturated rings. The van der Waals surface area contributed by atoms with Gasteiger partial charge in [0.05, 0.1) is 6.54 Å². The molecule has 0 spiro atoms. The number of benzene rings is 1. The summed E-state index contributed by atoms with van der Waals surface area (Å²) in [6.07, 6.45) is 2.21. The van der Waals surface area contributed by atoms with Crippen LogP contribution in [0.15, 0.2) is 18.2 Å². The second-order valence-electron chi connectivity index (χ2n) is 6.55. The number of aromatic nitrogens is 3. The van der Waals surface area contributed by atoms with Crippen LogP contribution in [0, 0.1) is 0 Å². The lowest BCUT2D eigenvalue weighted by Crippen LogP contribution is -2.34. The molecule has 1 aromatic carbocycles. The first-order valence-electron chi connectivity index (χ1n) is 8.50. The van der Waals surface area contributed by atoms with Crippen molar-refractivity contribution in [2.24, 2.45) is 0 Å². The van der Waals surface area contributed by atoms with Crippen molar-refractivity contribution in [3.05, 3.63) is 45.5 Å². The van der Waals surface area contributed by atoms with Crippen LogP contribution in [0.2, 0.25) is 10.0 Å². The summed E-state index contributed by atoms with van der Waals surface area (Å²) in [6, 6.07) is 5.71. The predicted octanol–water partition coefficient (Wildman–Crippen LogP) is 3.07. The number of piperidine rings is 1. The van der Waals surface area contributed by atoms with Gasteiger partial charge in [-0.25, -0.2) is 0 Å². The van der Waals surface area contributed by atoms with Crippen molar-refractivity contribution in [1.29, 1.82) is 0 Å². The summed E-state index contributed by atoms with van der Waals surface area (Å²) in [4.78, 5) is 2.43. The molecular weight excluding hydrogens is 345 g/mol. The molecular formula is C17H21Cl2N5. The van der Waals surface area contributed by atoms with Crippen LogP contribution in [0.5, 0.6) is 0 Å². The fraction of sp³-hybridized carbons (Fsp3) is 0.529. The average molecular weight is 366 g/mol. The van der Waals surface area contributed by atoms with Gasteiger partial charge in [0.25, 0.3) is 0 Å². The van der Waals surface area contributed by atoms with Crippen molar-refractivity contribution in [3.63, 3.8) is 0 Å². The Morgan fingerprint density at radius 3 is 2.58 bits per heavy atom. The standard InChI is InChI=1S/C17H21Cl2N5/c18-14-2-1-3-15(19)13(14)11-23-7-4-12(5-8-23)17-22-21-16-10-20-6-9-24(16)17/h1-3,12,20H,4-11H2. The summed E-state index contributed by atoms with van der Waals surface area (Å²) in [6.45, 7) is 5.69. The van der Waals surface area contributed by atoms with Gasteiger partial charge in [-0.05, 0) is 38.1 Å². The molecule has 1 saturated heterocycles. The van der Waals surface area contributed by atoms with Crippen LogP contribution in [0.3, 0.4) is 0 Å². The molecule has 0 amide bonds. The minimum Gasteiger partial charge on any atom is -0.312 e. The van der Waals surface area contributed by atoms with E-state index in [1.807, 2.05) is 18.2 Å². The van der Waals surface area contributed by atoms with Gasteiger partial charge in [-0.1, -0.05) is 29.3 Å². The molecule has 0 atom stereocenters. The van der Waals surface area contributed by atoms with Gasteiger partial charge < -0.3 is 9.88 Å². The number of likely N-dealkylation sites (tertiary alicyclic amines) is 1. The lowest BCUT2D eigenvalue weighted by Gasteiger charge is -2.32. The fourth-order valence-corrected chi connectivity index (χ4v) is 4.19. The lowest BCUT2D eigenvalue weighted by atomic mass is 9.95. The highest BCUT2D eigenvalue weighted by Gasteiger charge is 2.27. The predicted molar refractivity (Wildman–Crippen MR) is 95.4 cm³/mol. The third kappa shape index (κ3) is 3.18. The molecule has 2 aliphatic heterocycles. The van der Waals surface area contributed by atoms with Crippen LogP contribution in [-0.2, 0) is 19.6 Å². The van der Waals surface area contributed by atoms with Gasteiger partial charge in [0.15, 0.2) is 0 Å². The molecule has 0 unspecified atom stereocenters. The van der Waals surface area contributed by atoms with Crippen LogP contribution < -0.4 is 5.32 Å². The molecule has 24 heavy (non-hydrogen) atoms. The van der Waals surface area contributed by atoms with Crippen molar-refractivity contribution < 1.29 is 0 Å². The Bertz CT molecular complexity index is 702. The lowest BCUT2D eigenvalue weighted by molar-refractivity contribution is 0.199. The highest BCUT2D eigenvalue weighted by molar-refractivity contribution is 6.35. The highest BCUT2D eigenvalue weighted by Crippen LogP contribution is 2.31. The topological polar surface area (TPSA) is 46.0 Å². The van der Waals surface area contributed by atoms with Crippen molar-refractivity contribution in [2.75, 3.05) is 19.6 Å². The Labute approximate surface area is 152 Å². The molecule has 4 rings (SSSR count). The quantitative estimate of drug-likeness (QED) is 0.907. The fourth-order valence-electron chi connectivity index (χ4n) is 3.67. The van der Waals surface area contributed by atoms with Crippen LogP contribution in [-0.4, -0.2) is 39.3 Å². The number of halogens is 2. The molecule has 1 N–H and O–H groups in total. The number of nitrogens with zero attached hydrogens (tertiary/aromatic N) is 4. The molecule has 2 aromatic rings. The summed E-state index contributed by atoms with van der Waals surface area (Å²) < 4.78 is 2.31. The first-order chi connectivity index (χ1) is 11.7. The van der Waals surface area contributed by atoms with Gasteiger partial charge >= 0.3 is 0 Å². The van der Waals surface area contributed by atoms with Crippen molar-refractivity contribution in [1.82, 2.24) is 25.0 Å². The minimum absolute atomic E-state index is 0.502. The molecule has 2 aliphatic rings. The van der Waals surface area contributed by atoms with Crippen molar-refractivity contribution in [2.45, 2.75) is 38.4 Å². The maximum atomic E-state index is 6.30. The average Bonchev–Trinajstić information content (AvgIpc) is 3.03. The Hall–Kier alpha value is -1.14. The van der Waals surface area contributed by atoms with E-state index in [1.165, 1.54) is 5.82 Å². The van der Waals surface area contributed by atoms with E-state index < -0.39 is 0 Å². The van der Waals surface area contributed by atoms with Gasteiger partial charge in [-0.3, -0.25) is 4.90 Å². The van der Waals surface area contributed by atoms with Crippen molar-refractivity contribution in [3.8, 4) is 0 Å². The summed E-state index contributed by atoms with van der Waals surface area (Å²) >= 11 is 12.6. The van der Waals surface area contributed by atoms with Crippen molar-refractivity contribution >= 4 is 23.2 Å². The first-order valence-corrected chi connectivity index (χ1v) is 9.26. The molecule has 1 aromatic heterocycles. The molecule has 7 heteroatoms. The summed E-state index contributed by atoms with van der Waals surface area (Å²) in [7, 11) is 0. The first kappa shape index (κ1) is 16.3. The van der Waals surface area contributed by atoms with E-state index in [-0.39, 0.29) is 0 Å². The van der Waals surface area contributed by atoms with E-state index >= 15 is 0 Å². The van der Waals surface area contributed by atoms with Gasteiger partial charge in [-0.2, -0.15) is 0 Å².